The third-order valence-electron chi connectivity index (χ3n) is 7.18. The Bertz CT molecular complexity index is 1160. The lowest BCUT2D eigenvalue weighted by Crippen LogP contribution is -2.41. The smallest absolute Gasteiger partial charge is 0.405 e. The van der Waals surface area contributed by atoms with Gasteiger partial charge in [-0.05, 0) is 38.2 Å². The van der Waals surface area contributed by atoms with Gasteiger partial charge in [0.1, 0.15) is 12.2 Å². The molecule has 0 unspecified atom stereocenters. The van der Waals surface area contributed by atoms with Gasteiger partial charge in [0.05, 0.1) is 18.9 Å². The average Bonchev–Trinajstić information content (AvgIpc) is 2.87. The number of phenolic OH excluding ortho intramolecular Hbond substituents is 1. The second kappa shape index (κ2) is 13.0. The fraction of sp³-hybridized carbons (Fsp3) is 0.517. The molecule has 1 aromatic carbocycles. The van der Waals surface area contributed by atoms with Crippen molar-refractivity contribution in [1.29, 1.82) is 0 Å². The van der Waals surface area contributed by atoms with Crippen molar-refractivity contribution in [2.45, 2.75) is 65.0 Å². The molecular weight excluding hydrogens is 504 g/mol. The Kier molecular flexibility index (Phi) is 10.0. The Morgan fingerprint density at radius 2 is 1.90 bits per heavy atom. The number of rotatable bonds is 4. The van der Waals surface area contributed by atoms with E-state index in [0.29, 0.717) is 46.7 Å². The largest absolute Gasteiger partial charge is 0.504 e. The van der Waals surface area contributed by atoms with Crippen LogP contribution in [0.1, 0.15) is 39.7 Å². The molecule has 0 aromatic heterocycles. The lowest BCUT2D eigenvalue weighted by Gasteiger charge is -2.36. The maximum absolute atomic E-state index is 13.2. The number of ether oxygens (including phenoxy) is 5. The zero-order valence-electron chi connectivity index (χ0n) is 23.6. The molecule has 2 amide bonds. The number of hydrogen-bond donors (Lipinski definition) is 3. The highest BCUT2D eigenvalue weighted by Crippen LogP contribution is 2.47. The van der Waals surface area contributed by atoms with Crippen LogP contribution in [0.25, 0.3) is 0 Å². The van der Waals surface area contributed by atoms with Crippen molar-refractivity contribution in [1.82, 2.24) is 0 Å². The predicted molar refractivity (Wildman–Crippen MR) is 147 cm³/mol. The molecule has 10 heteroatoms. The number of allylic oxidation sites excluding steroid dienone is 2. The molecule has 3 rings (SSSR count). The van der Waals surface area contributed by atoms with Gasteiger partial charge in [0, 0.05) is 37.3 Å². The fourth-order valence-corrected chi connectivity index (χ4v) is 5.24. The topological polar surface area (TPSA) is 139 Å². The van der Waals surface area contributed by atoms with E-state index in [2.05, 4.69) is 12.2 Å². The van der Waals surface area contributed by atoms with Crippen LogP contribution in [0, 0.1) is 11.8 Å². The quantitative estimate of drug-likeness (QED) is 0.478. The van der Waals surface area contributed by atoms with Gasteiger partial charge in [0.25, 0.3) is 5.91 Å². The molecule has 2 aliphatic rings. The highest BCUT2D eigenvalue weighted by atomic mass is 16.6. The molecule has 4 N–H and O–H groups in total. The Labute approximate surface area is 229 Å². The van der Waals surface area contributed by atoms with Crippen molar-refractivity contribution in [2.24, 2.45) is 17.6 Å². The minimum absolute atomic E-state index is 0.0969. The Morgan fingerprint density at radius 3 is 2.51 bits per heavy atom. The van der Waals surface area contributed by atoms with Crippen LogP contribution in [0.3, 0.4) is 0 Å². The summed E-state index contributed by atoms with van der Waals surface area (Å²) < 4.78 is 29.2. The van der Waals surface area contributed by atoms with Crippen molar-refractivity contribution >= 4 is 17.7 Å². The van der Waals surface area contributed by atoms with Crippen molar-refractivity contribution in [3.05, 3.63) is 47.1 Å². The normalized spacial score (nSPS) is 31.3. The van der Waals surface area contributed by atoms with E-state index in [1.807, 2.05) is 19.9 Å². The lowest BCUT2D eigenvalue weighted by molar-refractivity contribution is -0.112. The summed E-state index contributed by atoms with van der Waals surface area (Å²) in [6, 6.07) is 1.44. The van der Waals surface area contributed by atoms with Crippen LogP contribution in [-0.2, 0) is 25.4 Å². The number of methoxy groups -OCH3 is 3. The molecule has 1 aromatic rings. The van der Waals surface area contributed by atoms with Crippen molar-refractivity contribution in [3.8, 4) is 17.2 Å². The SMILES string of the molecule is COc1c(O)cc2c3c1C[C@@H](C)C[C@H](OC)[C@H](O3)[C@@H](C)/C=C(\C)[C@H](OC(N)=O)[C@@H](OC)/C=C\C=C(/C)C(=O)N2. The molecule has 0 radical (unpaired) electrons. The van der Waals surface area contributed by atoms with Crippen LogP contribution < -0.4 is 20.5 Å². The first-order valence-electron chi connectivity index (χ1n) is 13.0. The molecule has 39 heavy (non-hydrogen) atoms. The van der Waals surface area contributed by atoms with E-state index in [0.717, 1.165) is 0 Å². The predicted octanol–water partition coefficient (Wildman–Crippen LogP) is 4.26. The summed E-state index contributed by atoms with van der Waals surface area (Å²) in [4.78, 5) is 25.0. The second-order valence-electron chi connectivity index (χ2n) is 10.2. The van der Waals surface area contributed by atoms with Gasteiger partial charge in [0.2, 0.25) is 0 Å². The number of phenols is 1. The van der Waals surface area contributed by atoms with Crippen LogP contribution in [-0.4, -0.2) is 62.9 Å². The van der Waals surface area contributed by atoms with Gasteiger partial charge in [-0.3, -0.25) is 4.79 Å². The van der Waals surface area contributed by atoms with E-state index < -0.39 is 24.4 Å². The Morgan fingerprint density at radius 1 is 1.18 bits per heavy atom. The molecule has 0 saturated carbocycles. The van der Waals surface area contributed by atoms with E-state index in [4.69, 9.17) is 29.4 Å². The van der Waals surface area contributed by atoms with Gasteiger partial charge in [-0.2, -0.15) is 0 Å². The van der Waals surface area contributed by atoms with Gasteiger partial charge in [-0.15, -0.1) is 0 Å². The third kappa shape index (κ3) is 6.93. The standard InChI is InChI=1S/C29H40N2O8/c1-15-11-19-26-20(14-21(32)27(19)37-7)31-28(33)16(2)9-8-10-22(35-5)24(39-29(30)34)17(3)13-18(4)25(38-26)23(12-15)36-6/h8-10,13-15,18,22-25,32H,11-12H2,1-7H3,(H2,30,34)(H,31,33)/b10-8-,16-9+,17-13+/t15-,18+,22+,23+,24+,25-/m1/s1. The van der Waals surface area contributed by atoms with Crippen molar-refractivity contribution < 1.29 is 38.4 Å². The summed E-state index contributed by atoms with van der Waals surface area (Å²) in [7, 11) is 4.63. The molecule has 214 valence electrons. The zero-order chi connectivity index (χ0) is 28.9. The molecule has 2 heterocycles. The number of fused-ring (bicyclic) bond motifs is 1. The molecule has 0 saturated heterocycles. The minimum atomic E-state index is -0.934. The molecular formula is C29H40N2O8. The number of nitrogens with one attached hydrogen (secondary N) is 1. The second-order valence-corrected chi connectivity index (χ2v) is 10.2. The first kappa shape index (κ1) is 30.0. The lowest BCUT2D eigenvalue weighted by atomic mass is 9.86. The van der Waals surface area contributed by atoms with Gasteiger partial charge in [-0.25, -0.2) is 4.79 Å². The molecule has 10 nitrogen and oxygen atoms in total. The molecule has 2 aliphatic heterocycles. The zero-order valence-corrected chi connectivity index (χ0v) is 23.6. The van der Waals surface area contributed by atoms with Crippen molar-refractivity contribution in [3.63, 3.8) is 0 Å². The van der Waals surface area contributed by atoms with E-state index >= 15 is 0 Å². The van der Waals surface area contributed by atoms with E-state index in [9.17, 15) is 14.7 Å². The summed E-state index contributed by atoms with van der Waals surface area (Å²) in [6.45, 7) is 7.56. The van der Waals surface area contributed by atoms with E-state index in [-0.39, 0.29) is 29.6 Å². The highest BCUT2D eigenvalue weighted by molar-refractivity contribution is 6.04. The maximum atomic E-state index is 13.2. The summed E-state index contributed by atoms with van der Waals surface area (Å²) in [5, 5.41) is 13.7. The van der Waals surface area contributed by atoms with Gasteiger partial charge in [0.15, 0.2) is 23.4 Å². The number of benzene rings is 1. The molecule has 0 aliphatic carbocycles. The van der Waals surface area contributed by atoms with Crippen molar-refractivity contribution in [2.75, 3.05) is 26.6 Å². The number of carbonyl (C=O) groups is 2. The average molecular weight is 545 g/mol. The summed E-state index contributed by atoms with van der Waals surface area (Å²) in [5.41, 5.74) is 7.48. The molecule has 6 atom stereocenters. The van der Waals surface area contributed by atoms with Crippen LogP contribution in [0.4, 0.5) is 10.5 Å². The van der Waals surface area contributed by atoms with Crippen LogP contribution in [0.15, 0.2) is 41.5 Å². The fourth-order valence-electron chi connectivity index (χ4n) is 5.24. The Hall–Kier alpha value is -3.50. The number of anilines is 1. The number of carbonyl (C=O) groups excluding carboxylic acids is 2. The highest BCUT2D eigenvalue weighted by Gasteiger charge is 2.36. The van der Waals surface area contributed by atoms with Crippen LogP contribution in [0.2, 0.25) is 0 Å². The molecule has 0 fully saturated rings. The third-order valence-corrected chi connectivity index (χ3v) is 7.18. The number of hydrogen-bond acceptors (Lipinski definition) is 8. The maximum Gasteiger partial charge on any atom is 0.405 e. The first-order valence-corrected chi connectivity index (χ1v) is 13.0. The number of aromatic hydroxyl groups is 1. The number of nitrogens with two attached hydrogens (primary N) is 1. The van der Waals surface area contributed by atoms with Gasteiger partial charge < -0.3 is 39.8 Å². The summed E-state index contributed by atoms with van der Waals surface area (Å²) in [5.74, 6) is 0.110. The number of amides is 2. The van der Waals surface area contributed by atoms with Gasteiger partial charge in [-0.1, -0.05) is 38.2 Å². The van der Waals surface area contributed by atoms with E-state index in [1.54, 1.807) is 32.3 Å². The number of primary amides is 1. The van der Waals surface area contributed by atoms with Crippen LogP contribution in [0.5, 0.6) is 17.2 Å². The monoisotopic (exact) mass is 544 g/mol. The molecule has 2 bridgehead atoms. The summed E-state index contributed by atoms with van der Waals surface area (Å²) in [6.07, 6.45) is 4.89. The first-order chi connectivity index (χ1) is 18.5. The Balaban J connectivity index is 2.28. The van der Waals surface area contributed by atoms with Crippen LogP contribution >= 0.6 is 0 Å². The minimum Gasteiger partial charge on any atom is -0.504 e. The van der Waals surface area contributed by atoms with E-state index in [1.165, 1.54) is 20.3 Å². The molecule has 0 spiro atoms. The van der Waals surface area contributed by atoms with Gasteiger partial charge >= 0.3 is 6.09 Å². The summed E-state index contributed by atoms with van der Waals surface area (Å²) >= 11 is 0.